The molecule has 0 saturated carbocycles. The highest BCUT2D eigenvalue weighted by Crippen LogP contribution is 2.20. The van der Waals surface area contributed by atoms with Crippen LogP contribution >= 0.6 is 0 Å². The van der Waals surface area contributed by atoms with E-state index in [1.807, 2.05) is 35.2 Å². The average Bonchev–Trinajstić information content (AvgIpc) is 2.46. The number of carbonyl (C=O) groups is 1. The third kappa shape index (κ3) is 2.33. The zero-order valence-corrected chi connectivity index (χ0v) is 11.2. The number of aromatic nitrogens is 1. The van der Waals surface area contributed by atoms with E-state index in [1.54, 1.807) is 6.20 Å². The quantitative estimate of drug-likeness (QED) is 0.782. The molecule has 1 fully saturated rings. The molecule has 3 rings (SSSR count). The number of likely N-dealkylation sites (tertiary alicyclic amines) is 1. The number of pyridine rings is 1. The molecule has 1 unspecified atom stereocenters. The lowest BCUT2D eigenvalue weighted by Gasteiger charge is -2.33. The van der Waals surface area contributed by atoms with Gasteiger partial charge in [0.25, 0.3) is 5.91 Å². The molecule has 3 heteroatoms. The van der Waals surface area contributed by atoms with Crippen LogP contribution in [0.3, 0.4) is 0 Å². The highest BCUT2D eigenvalue weighted by Gasteiger charge is 2.24. The van der Waals surface area contributed by atoms with Crippen molar-refractivity contribution >= 4 is 16.8 Å². The molecule has 1 aromatic heterocycles. The Bertz CT molecular complexity index is 608. The maximum Gasteiger partial charge on any atom is 0.255 e. The number of amides is 1. The van der Waals surface area contributed by atoms with Crippen LogP contribution in [0, 0.1) is 0 Å². The van der Waals surface area contributed by atoms with Gasteiger partial charge in [-0.25, -0.2) is 0 Å². The van der Waals surface area contributed by atoms with Crippen LogP contribution in [0.1, 0.15) is 36.5 Å². The van der Waals surface area contributed by atoms with Crippen molar-refractivity contribution in [1.29, 1.82) is 0 Å². The lowest BCUT2D eigenvalue weighted by molar-refractivity contribution is 0.0635. The molecule has 98 valence electrons. The molecule has 0 spiro atoms. The van der Waals surface area contributed by atoms with Gasteiger partial charge >= 0.3 is 0 Å². The van der Waals surface area contributed by atoms with E-state index in [9.17, 15) is 4.79 Å². The molecule has 0 radical (unpaired) electrons. The van der Waals surface area contributed by atoms with Crippen LogP contribution in [0.15, 0.2) is 36.5 Å². The molecule has 0 aliphatic carbocycles. The van der Waals surface area contributed by atoms with Gasteiger partial charge in [0.1, 0.15) is 0 Å². The molecule has 2 heterocycles. The number of para-hydroxylation sites is 1. The van der Waals surface area contributed by atoms with E-state index in [0.717, 1.165) is 30.3 Å². The molecule has 1 aliphatic heterocycles. The molecular formula is C16H18N2O. The third-order valence-electron chi connectivity index (χ3n) is 3.90. The van der Waals surface area contributed by atoms with Crippen molar-refractivity contribution in [2.75, 3.05) is 6.54 Å². The minimum atomic E-state index is 0.116. The number of piperidine rings is 1. The molecule has 2 aromatic rings. The largest absolute Gasteiger partial charge is 0.336 e. The van der Waals surface area contributed by atoms with Gasteiger partial charge < -0.3 is 4.90 Å². The predicted octanol–water partition coefficient (Wildman–Crippen LogP) is 3.25. The first-order chi connectivity index (χ1) is 9.25. The van der Waals surface area contributed by atoms with Crippen molar-refractivity contribution in [1.82, 2.24) is 9.88 Å². The van der Waals surface area contributed by atoms with Crippen LogP contribution in [0.25, 0.3) is 10.9 Å². The zero-order chi connectivity index (χ0) is 13.2. The second-order valence-electron chi connectivity index (χ2n) is 5.26. The fraction of sp³-hybridized carbons (Fsp3) is 0.375. The molecule has 0 N–H and O–H groups in total. The maximum absolute atomic E-state index is 12.5. The van der Waals surface area contributed by atoms with Gasteiger partial charge in [0.05, 0.1) is 11.1 Å². The molecular weight excluding hydrogens is 236 g/mol. The summed E-state index contributed by atoms with van der Waals surface area (Å²) in [6.45, 7) is 3.00. The molecule has 0 bridgehead atoms. The maximum atomic E-state index is 12.5. The Kier molecular flexibility index (Phi) is 3.20. The van der Waals surface area contributed by atoms with E-state index in [0.29, 0.717) is 11.6 Å². The Balaban J connectivity index is 1.92. The number of rotatable bonds is 1. The Morgan fingerprint density at radius 2 is 2.16 bits per heavy atom. The highest BCUT2D eigenvalue weighted by molar-refractivity contribution is 5.97. The van der Waals surface area contributed by atoms with Gasteiger partial charge in [-0.3, -0.25) is 9.78 Å². The van der Waals surface area contributed by atoms with Crippen molar-refractivity contribution in [3.05, 3.63) is 42.1 Å². The molecule has 1 aromatic carbocycles. The molecule has 1 atom stereocenters. The van der Waals surface area contributed by atoms with E-state index in [-0.39, 0.29) is 5.91 Å². The van der Waals surface area contributed by atoms with Crippen LogP contribution in [0.2, 0.25) is 0 Å². The second kappa shape index (κ2) is 5.00. The molecule has 1 saturated heterocycles. The Hall–Kier alpha value is -1.90. The lowest BCUT2D eigenvalue weighted by Crippen LogP contribution is -2.42. The first-order valence-electron chi connectivity index (χ1n) is 6.91. The van der Waals surface area contributed by atoms with Gasteiger partial charge in [-0.1, -0.05) is 18.2 Å². The van der Waals surface area contributed by atoms with Crippen LogP contribution < -0.4 is 0 Å². The summed E-state index contributed by atoms with van der Waals surface area (Å²) in [5.74, 6) is 0.116. The summed E-state index contributed by atoms with van der Waals surface area (Å²) in [7, 11) is 0. The van der Waals surface area contributed by atoms with Gasteiger partial charge in [0.2, 0.25) is 0 Å². The Morgan fingerprint density at radius 1 is 1.32 bits per heavy atom. The smallest absolute Gasteiger partial charge is 0.255 e. The Labute approximate surface area is 113 Å². The number of carbonyl (C=O) groups excluding carboxylic acids is 1. The van der Waals surface area contributed by atoms with E-state index >= 15 is 0 Å². The van der Waals surface area contributed by atoms with Crippen LogP contribution in [0.4, 0.5) is 0 Å². The van der Waals surface area contributed by atoms with E-state index in [4.69, 9.17) is 0 Å². The summed E-state index contributed by atoms with van der Waals surface area (Å²) in [6, 6.07) is 10.2. The van der Waals surface area contributed by atoms with E-state index in [2.05, 4.69) is 11.9 Å². The molecule has 1 amide bonds. The summed E-state index contributed by atoms with van der Waals surface area (Å²) in [4.78, 5) is 18.9. The predicted molar refractivity (Wildman–Crippen MR) is 76.1 cm³/mol. The van der Waals surface area contributed by atoms with Crippen LogP contribution in [-0.2, 0) is 0 Å². The lowest BCUT2D eigenvalue weighted by atomic mass is 10.0. The molecule has 3 nitrogen and oxygen atoms in total. The summed E-state index contributed by atoms with van der Waals surface area (Å²) >= 11 is 0. The van der Waals surface area contributed by atoms with Crippen LogP contribution in [-0.4, -0.2) is 28.4 Å². The highest BCUT2D eigenvalue weighted by atomic mass is 16.2. The van der Waals surface area contributed by atoms with Gasteiger partial charge in [-0.05, 0) is 38.3 Å². The monoisotopic (exact) mass is 254 g/mol. The second-order valence-corrected chi connectivity index (χ2v) is 5.26. The first-order valence-corrected chi connectivity index (χ1v) is 6.91. The minimum Gasteiger partial charge on any atom is -0.336 e. The van der Waals surface area contributed by atoms with Crippen molar-refractivity contribution in [3.63, 3.8) is 0 Å². The number of hydrogen-bond acceptors (Lipinski definition) is 2. The number of hydrogen-bond donors (Lipinski definition) is 0. The van der Waals surface area contributed by atoms with Crippen molar-refractivity contribution in [2.45, 2.75) is 32.2 Å². The number of fused-ring (bicyclic) bond motifs is 1. The van der Waals surface area contributed by atoms with E-state index < -0.39 is 0 Å². The summed E-state index contributed by atoms with van der Waals surface area (Å²) < 4.78 is 0. The molecule has 1 aliphatic rings. The van der Waals surface area contributed by atoms with Crippen molar-refractivity contribution < 1.29 is 4.79 Å². The van der Waals surface area contributed by atoms with Crippen molar-refractivity contribution in [2.24, 2.45) is 0 Å². The fourth-order valence-corrected chi connectivity index (χ4v) is 2.75. The molecule has 19 heavy (non-hydrogen) atoms. The number of benzene rings is 1. The van der Waals surface area contributed by atoms with Gasteiger partial charge in [-0.2, -0.15) is 0 Å². The fourth-order valence-electron chi connectivity index (χ4n) is 2.75. The van der Waals surface area contributed by atoms with Crippen molar-refractivity contribution in [3.8, 4) is 0 Å². The third-order valence-corrected chi connectivity index (χ3v) is 3.90. The van der Waals surface area contributed by atoms with Gasteiger partial charge in [-0.15, -0.1) is 0 Å². The van der Waals surface area contributed by atoms with Gasteiger partial charge in [0, 0.05) is 24.2 Å². The Morgan fingerprint density at radius 3 is 3.00 bits per heavy atom. The topological polar surface area (TPSA) is 33.2 Å². The zero-order valence-electron chi connectivity index (χ0n) is 11.2. The summed E-state index contributed by atoms with van der Waals surface area (Å²) in [6.07, 6.45) is 5.14. The summed E-state index contributed by atoms with van der Waals surface area (Å²) in [5.41, 5.74) is 1.64. The normalized spacial score (nSPS) is 19.6. The van der Waals surface area contributed by atoms with E-state index in [1.165, 1.54) is 6.42 Å². The first kappa shape index (κ1) is 12.2. The minimum absolute atomic E-state index is 0.116. The standard InChI is InChI=1S/C16H18N2O/c1-12-6-4-5-9-18(12)16(19)14-10-13-7-2-3-8-15(13)17-11-14/h2-3,7-8,10-12H,4-6,9H2,1H3. The van der Waals surface area contributed by atoms with Gasteiger partial charge in [0.15, 0.2) is 0 Å². The number of nitrogens with zero attached hydrogens (tertiary/aromatic N) is 2. The SMILES string of the molecule is CC1CCCCN1C(=O)c1cnc2ccccc2c1. The summed E-state index contributed by atoms with van der Waals surface area (Å²) in [5, 5.41) is 1.03. The van der Waals surface area contributed by atoms with Crippen LogP contribution in [0.5, 0.6) is 0 Å². The average molecular weight is 254 g/mol.